The second kappa shape index (κ2) is 8.65. The van der Waals surface area contributed by atoms with Crippen molar-refractivity contribution in [3.8, 4) is 9.75 Å². The molecule has 164 valence electrons. The summed E-state index contributed by atoms with van der Waals surface area (Å²) in [7, 11) is 0. The van der Waals surface area contributed by atoms with E-state index in [9.17, 15) is 9.59 Å². The van der Waals surface area contributed by atoms with E-state index in [4.69, 9.17) is 0 Å². The highest BCUT2D eigenvalue weighted by Crippen LogP contribution is 2.44. The van der Waals surface area contributed by atoms with Gasteiger partial charge in [-0.1, -0.05) is 42.5 Å². The lowest BCUT2D eigenvalue weighted by Gasteiger charge is -2.21. The van der Waals surface area contributed by atoms with E-state index in [1.54, 1.807) is 64.4 Å². The Labute approximate surface area is 208 Å². The predicted octanol–water partition coefficient (Wildman–Crippen LogP) is 8.47. The summed E-state index contributed by atoms with van der Waals surface area (Å²) in [6.07, 6.45) is 1.70. The molecule has 5 aromatic rings. The molecule has 0 aliphatic heterocycles. The van der Waals surface area contributed by atoms with Gasteiger partial charge in [0.1, 0.15) is 10.0 Å². The van der Waals surface area contributed by atoms with Crippen LogP contribution in [0.2, 0.25) is 0 Å². The molecule has 6 heteroatoms. The van der Waals surface area contributed by atoms with Gasteiger partial charge in [-0.3, -0.25) is 14.5 Å². The van der Waals surface area contributed by atoms with Crippen molar-refractivity contribution >= 4 is 67.3 Å². The van der Waals surface area contributed by atoms with Gasteiger partial charge in [0.15, 0.2) is 11.6 Å². The minimum Gasteiger partial charge on any atom is -0.293 e. The van der Waals surface area contributed by atoms with Gasteiger partial charge >= 0.3 is 0 Å². The van der Waals surface area contributed by atoms with Crippen LogP contribution in [0.5, 0.6) is 0 Å². The first kappa shape index (κ1) is 21.0. The first-order chi connectivity index (χ1) is 16.7. The van der Waals surface area contributed by atoms with E-state index in [1.165, 1.54) is 9.75 Å². The summed E-state index contributed by atoms with van der Waals surface area (Å²) in [5.41, 5.74) is 3.04. The zero-order chi connectivity index (χ0) is 23.1. The number of hydrogen-bond acceptors (Lipinski definition) is 6. The molecule has 0 bridgehead atoms. The number of thiophene rings is 3. The summed E-state index contributed by atoms with van der Waals surface area (Å²) in [6.45, 7) is 0. The van der Waals surface area contributed by atoms with Crippen molar-refractivity contribution in [1.29, 1.82) is 0 Å². The quantitative estimate of drug-likeness (QED) is 0.181. The van der Waals surface area contributed by atoms with Crippen molar-refractivity contribution in [3.63, 3.8) is 0 Å². The van der Waals surface area contributed by atoms with E-state index in [-0.39, 0.29) is 17.1 Å². The Balaban J connectivity index is 1.34. The van der Waals surface area contributed by atoms with Crippen LogP contribution in [0.3, 0.4) is 0 Å². The Bertz CT molecular complexity index is 1490. The molecule has 3 nitrogen and oxygen atoms in total. The van der Waals surface area contributed by atoms with Crippen molar-refractivity contribution in [2.75, 3.05) is 4.90 Å². The Kier molecular flexibility index (Phi) is 5.34. The molecule has 6 rings (SSSR count). The number of benzene rings is 2. The molecule has 1 aliphatic carbocycles. The second-order valence-corrected chi connectivity index (χ2v) is 10.7. The van der Waals surface area contributed by atoms with Crippen molar-refractivity contribution in [2.45, 2.75) is 0 Å². The van der Waals surface area contributed by atoms with Gasteiger partial charge in [0, 0.05) is 26.6 Å². The van der Waals surface area contributed by atoms with Crippen LogP contribution >= 0.6 is 34.0 Å². The van der Waals surface area contributed by atoms with Gasteiger partial charge in [-0.25, -0.2) is 0 Å². The Hall–Kier alpha value is -3.58. The molecule has 0 saturated carbocycles. The number of fused-ring (bicyclic) bond motifs is 1. The van der Waals surface area contributed by atoms with Gasteiger partial charge in [-0.2, -0.15) is 0 Å². The maximum absolute atomic E-state index is 12.7. The smallest absolute Gasteiger partial charge is 0.197 e. The molecular formula is C28H17NO2S3. The van der Waals surface area contributed by atoms with Crippen molar-refractivity contribution in [2.24, 2.45) is 0 Å². The fourth-order valence-corrected chi connectivity index (χ4v) is 6.75. The van der Waals surface area contributed by atoms with E-state index >= 15 is 0 Å². The zero-order valence-electron chi connectivity index (χ0n) is 17.8. The number of carbonyl (C=O) groups excluding carboxylic acids is 2. The summed E-state index contributed by atoms with van der Waals surface area (Å²) in [6, 6.07) is 27.7. The van der Waals surface area contributed by atoms with Crippen LogP contribution in [0, 0.1) is 0 Å². The molecule has 0 spiro atoms. The third-order valence-corrected chi connectivity index (χ3v) is 8.66. The number of rotatable bonds is 5. The van der Waals surface area contributed by atoms with E-state index in [0.717, 1.165) is 21.3 Å². The fourth-order valence-electron chi connectivity index (χ4n) is 4.05. The highest BCUT2D eigenvalue weighted by atomic mass is 32.1. The molecule has 0 fully saturated rings. The molecule has 0 radical (unpaired) electrons. The van der Waals surface area contributed by atoms with Crippen LogP contribution in [0.1, 0.15) is 26.3 Å². The number of hydrogen-bond donors (Lipinski definition) is 0. The van der Waals surface area contributed by atoms with Crippen molar-refractivity contribution < 1.29 is 9.59 Å². The van der Waals surface area contributed by atoms with Gasteiger partial charge in [0.05, 0.1) is 5.57 Å². The first-order valence-corrected chi connectivity index (χ1v) is 13.2. The number of ketones is 2. The van der Waals surface area contributed by atoms with Crippen molar-refractivity contribution in [3.05, 3.63) is 118 Å². The molecule has 2 aromatic carbocycles. The average Bonchev–Trinajstić information content (AvgIpc) is 3.67. The number of anilines is 3. The normalized spacial score (nSPS) is 12.8. The Morgan fingerprint density at radius 2 is 1.32 bits per heavy atom. The molecule has 3 heterocycles. The summed E-state index contributed by atoms with van der Waals surface area (Å²) < 4.78 is 0. The standard InChI is InChI=1S/C28H17NO2S3/c30-27-20-5-1-2-6-21(20)28(31)22(27)17-18-9-11-19(12-10-18)29(25-8-4-16-33-25)26-14-13-24(34-26)23-7-3-15-32-23/h1-17H. The molecule has 0 atom stereocenters. The van der Waals surface area contributed by atoms with Gasteiger partial charge < -0.3 is 0 Å². The molecule has 0 amide bonds. The van der Waals surface area contributed by atoms with Gasteiger partial charge in [-0.15, -0.1) is 34.0 Å². The van der Waals surface area contributed by atoms with Crippen LogP contribution in [0.25, 0.3) is 15.8 Å². The second-order valence-electron chi connectivity index (χ2n) is 7.76. The fraction of sp³-hybridized carbons (Fsp3) is 0. The van der Waals surface area contributed by atoms with Gasteiger partial charge in [-0.05, 0) is 64.9 Å². The number of carbonyl (C=O) groups is 2. The molecular weight excluding hydrogens is 479 g/mol. The maximum Gasteiger partial charge on any atom is 0.197 e. The van der Waals surface area contributed by atoms with Crippen LogP contribution in [-0.2, 0) is 0 Å². The minimum absolute atomic E-state index is 0.204. The lowest BCUT2D eigenvalue weighted by molar-refractivity contribution is 0.0990. The van der Waals surface area contributed by atoms with E-state index in [2.05, 4.69) is 52.1 Å². The lowest BCUT2D eigenvalue weighted by Crippen LogP contribution is -2.06. The molecule has 3 aromatic heterocycles. The molecule has 0 saturated heterocycles. The lowest BCUT2D eigenvalue weighted by atomic mass is 10.1. The largest absolute Gasteiger partial charge is 0.293 e. The number of nitrogens with zero attached hydrogens (tertiary/aromatic N) is 1. The third kappa shape index (κ3) is 3.66. The number of allylic oxidation sites excluding steroid dienone is 1. The summed E-state index contributed by atoms with van der Waals surface area (Å²) in [5, 5.41) is 6.43. The minimum atomic E-state index is -0.204. The summed E-state index contributed by atoms with van der Waals surface area (Å²) >= 11 is 5.18. The van der Waals surface area contributed by atoms with Crippen molar-refractivity contribution in [1.82, 2.24) is 0 Å². The average molecular weight is 496 g/mol. The topological polar surface area (TPSA) is 37.4 Å². The van der Waals surface area contributed by atoms with E-state index in [0.29, 0.717) is 11.1 Å². The SMILES string of the molecule is O=C1C(=Cc2ccc(N(c3cccs3)c3ccc(-c4cccs4)s3)cc2)C(=O)c2ccccc21. The zero-order valence-corrected chi connectivity index (χ0v) is 20.3. The Morgan fingerprint density at radius 1 is 0.618 bits per heavy atom. The van der Waals surface area contributed by atoms with E-state index in [1.807, 2.05) is 24.3 Å². The Morgan fingerprint density at radius 3 is 1.97 bits per heavy atom. The van der Waals surface area contributed by atoms with Gasteiger partial charge in [0.2, 0.25) is 0 Å². The maximum atomic E-state index is 12.7. The van der Waals surface area contributed by atoms with Crippen LogP contribution in [-0.4, -0.2) is 11.6 Å². The molecule has 0 unspecified atom stereocenters. The monoisotopic (exact) mass is 495 g/mol. The molecule has 34 heavy (non-hydrogen) atoms. The van der Waals surface area contributed by atoms with Crippen LogP contribution in [0.4, 0.5) is 15.7 Å². The van der Waals surface area contributed by atoms with Crippen LogP contribution < -0.4 is 4.90 Å². The molecule has 1 aliphatic rings. The highest BCUT2D eigenvalue weighted by molar-refractivity contribution is 7.24. The summed E-state index contributed by atoms with van der Waals surface area (Å²) in [4.78, 5) is 30.2. The third-order valence-electron chi connectivity index (χ3n) is 5.67. The van der Waals surface area contributed by atoms with Crippen LogP contribution in [0.15, 0.2) is 101 Å². The highest BCUT2D eigenvalue weighted by Gasteiger charge is 2.32. The number of Topliss-reactive ketones (excluding diaryl/α,β-unsaturated/α-hetero) is 2. The van der Waals surface area contributed by atoms with E-state index < -0.39 is 0 Å². The summed E-state index contributed by atoms with van der Waals surface area (Å²) in [5.74, 6) is -0.408. The van der Waals surface area contributed by atoms with Gasteiger partial charge in [0.25, 0.3) is 0 Å². The first-order valence-electron chi connectivity index (χ1n) is 10.7. The molecule has 0 N–H and O–H groups in total. The predicted molar refractivity (Wildman–Crippen MR) is 143 cm³/mol.